The molecule has 0 aliphatic heterocycles. The van der Waals surface area contributed by atoms with Crippen LogP contribution in [-0.2, 0) is 24.7 Å². The van der Waals surface area contributed by atoms with Crippen LogP contribution in [0.2, 0.25) is 0 Å². The van der Waals surface area contributed by atoms with Crippen LogP contribution < -0.4 is 0 Å². The SMILES string of the molecule is CC12Cc3nc4ccccc4cc3CC(Cc3ccc(O)c(O)c31)C2O. The van der Waals surface area contributed by atoms with E-state index in [-0.39, 0.29) is 17.4 Å². The van der Waals surface area contributed by atoms with Gasteiger partial charge in [0.1, 0.15) is 0 Å². The quantitative estimate of drug-likeness (QED) is 0.546. The van der Waals surface area contributed by atoms with Crippen molar-refractivity contribution in [3.63, 3.8) is 0 Å². The summed E-state index contributed by atoms with van der Waals surface area (Å²) in [7, 11) is 0. The second-order valence-electron chi connectivity index (χ2n) is 7.96. The van der Waals surface area contributed by atoms with Gasteiger partial charge >= 0.3 is 0 Å². The number of hydrogen-bond donors (Lipinski definition) is 3. The van der Waals surface area contributed by atoms with E-state index in [1.807, 2.05) is 31.2 Å². The van der Waals surface area contributed by atoms with Gasteiger partial charge in [0.05, 0.1) is 11.6 Å². The van der Waals surface area contributed by atoms with Gasteiger partial charge in [-0.1, -0.05) is 31.2 Å². The summed E-state index contributed by atoms with van der Waals surface area (Å²) in [5.74, 6) is -0.168. The van der Waals surface area contributed by atoms with Crippen molar-refractivity contribution in [1.29, 1.82) is 0 Å². The van der Waals surface area contributed by atoms with Gasteiger partial charge in [-0.25, -0.2) is 0 Å². The highest BCUT2D eigenvalue weighted by Crippen LogP contribution is 2.51. The maximum atomic E-state index is 11.2. The lowest BCUT2D eigenvalue weighted by Gasteiger charge is -2.43. The topological polar surface area (TPSA) is 73.6 Å². The summed E-state index contributed by atoms with van der Waals surface area (Å²) < 4.78 is 0. The van der Waals surface area contributed by atoms with Gasteiger partial charge in [0.25, 0.3) is 0 Å². The first-order chi connectivity index (χ1) is 12.5. The normalized spacial score (nSPS) is 26.8. The molecule has 2 bridgehead atoms. The lowest BCUT2D eigenvalue weighted by Crippen LogP contribution is -2.47. The maximum absolute atomic E-state index is 11.2. The third-order valence-electron chi connectivity index (χ3n) is 6.30. The van der Waals surface area contributed by atoms with Crippen molar-refractivity contribution in [1.82, 2.24) is 4.98 Å². The fraction of sp³-hybridized carbons (Fsp3) is 0.318. The number of aliphatic hydroxyl groups is 1. The Hall–Kier alpha value is -2.59. The molecular formula is C22H21NO3. The lowest BCUT2D eigenvalue weighted by molar-refractivity contribution is 0.0272. The van der Waals surface area contributed by atoms with Crippen molar-refractivity contribution < 1.29 is 15.3 Å². The summed E-state index contributed by atoms with van der Waals surface area (Å²) in [6.45, 7) is 1.98. The molecule has 3 N–H and O–H groups in total. The van der Waals surface area contributed by atoms with Crippen LogP contribution in [0.1, 0.15) is 29.3 Å². The number of phenols is 2. The van der Waals surface area contributed by atoms with Crippen molar-refractivity contribution in [2.75, 3.05) is 0 Å². The molecule has 4 nitrogen and oxygen atoms in total. The maximum Gasteiger partial charge on any atom is 0.161 e. The number of aromatic nitrogens is 1. The molecule has 4 heteroatoms. The summed E-state index contributed by atoms with van der Waals surface area (Å²) in [6.07, 6.45) is 1.39. The number of rotatable bonds is 0. The minimum absolute atomic E-state index is 0.0701. The van der Waals surface area contributed by atoms with E-state index in [1.165, 1.54) is 5.56 Å². The Morgan fingerprint density at radius 1 is 1.04 bits per heavy atom. The monoisotopic (exact) mass is 347 g/mol. The van der Waals surface area contributed by atoms with Crippen LogP contribution in [0, 0.1) is 5.92 Å². The standard InChI is InChI=1S/C22H21NO3/c1-22-11-17-14(8-12-4-2-3-5-16(12)23-17)10-15(21(22)26)9-13-6-7-18(24)20(25)19(13)22/h2-8,15,21,24-26H,9-11H2,1H3. The number of fused-ring (bicyclic) bond motifs is 6. The molecule has 2 aliphatic carbocycles. The molecule has 0 fully saturated rings. The van der Waals surface area contributed by atoms with Crippen LogP contribution in [0.4, 0.5) is 0 Å². The van der Waals surface area contributed by atoms with Crippen molar-refractivity contribution in [3.8, 4) is 11.5 Å². The molecule has 1 aromatic heterocycles. The van der Waals surface area contributed by atoms with Gasteiger partial charge in [0, 0.05) is 28.5 Å². The minimum atomic E-state index is -0.679. The number of benzene rings is 2. The Bertz CT molecular complexity index is 1040. The molecule has 0 saturated heterocycles. The number of pyridine rings is 1. The average Bonchev–Trinajstić information content (AvgIpc) is 2.68. The van der Waals surface area contributed by atoms with Crippen LogP contribution in [0.25, 0.3) is 10.9 Å². The van der Waals surface area contributed by atoms with E-state index in [0.29, 0.717) is 18.4 Å². The van der Waals surface area contributed by atoms with Gasteiger partial charge in [-0.05, 0) is 48.1 Å². The third kappa shape index (κ3) is 2.02. The smallest absolute Gasteiger partial charge is 0.161 e. The Labute approximate surface area is 151 Å². The summed E-state index contributed by atoms with van der Waals surface area (Å²) in [5.41, 5.74) is 4.10. The molecule has 3 atom stereocenters. The van der Waals surface area contributed by atoms with Crippen molar-refractivity contribution in [2.45, 2.75) is 37.7 Å². The summed E-state index contributed by atoms with van der Waals surface area (Å²) in [4.78, 5) is 4.89. The van der Waals surface area contributed by atoms with Crippen LogP contribution in [-0.4, -0.2) is 26.4 Å². The number of hydrogen-bond acceptors (Lipinski definition) is 4. The van der Waals surface area contributed by atoms with Crippen molar-refractivity contribution >= 4 is 10.9 Å². The minimum Gasteiger partial charge on any atom is -0.504 e. The molecule has 5 rings (SSSR count). The van der Waals surface area contributed by atoms with Gasteiger partial charge in [0.2, 0.25) is 0 Å². The van der Waals surface area contributed by atoms with E-state index in [2.05, 4.69) is 12.1 Å². The lowest BCUT2D eigenvalue weighted by atomic mass is 9.63. The molecule has 3 aromatic rings. The Kier molecular flexibility index (Phi) is 3.13. The van der Waals surface area contributed by atoms with Gasteiger partial charge in [-0.3, -0.25) is 4.98 Å². The zero-order valence-corrected chi connectivity index (χ0v) is 14.6. The largest absolute Gasteiger partial charge is 0.504 e. The highest BCUT2D eigenvalue weighted by molar-refractivity contribution is 5.79. The van der Waals surface area contributed by atoms with Gasteiger partial charge in [-0.15, -0.1) is 0 Å². The molecule has 2 aliphatic rings. The third-order valence-corrected chi connectivity index (χ3v) is 6.30. The molecular weight excluding hydrogens is 326 g/mol. The molecule has 1 heterocycles. The van der Waals surface area contributed by atoms with Crippen LogP contribution >= 0.6 is 0 Å². The number of para-hydroxylation sites is 1. The van der Waals surface area contributed by atoms with Crippen LogP contribution in [0.5, 0.6) is 11.5 Å². The first-order valence-electron chi connectivity index (χ1n) is 9.07. The first-order valence-corrected chi connectivity index (χ1v) is 9.07. The summed E-state index contributed by atoms with van der Waals surface area (Å²) >= 11 is 0. The van der Waals surface area contributed by atoms with E-state index in [9.17, 15) is 15.3 Å². The fourth-order valence-electron chi connectivity index (χ4n) is 5.03. The van der Waals surface area contributed by atoms with Crippen molar-refractivity contribution in [2.24, 2.45) is 5.92 Å². The van der Waals surface area contributed by atoms with E-state index in [4.69, 9.17) is 4.98 Å². The first kappa shape index (κ1) is 15.6. The van der Waals surface area contributed by atoms with E-state index < -0.39 is 11.5 Å². The number of nitrogens with zero attached hydrogens (tertiary/aromatic N) is 1. The Morgan fingerprint density at radius 3 is 2.65 bits per heavy atom. The highest BCUT2D eigenvalue weighted by Gasteiger charge is 2.49. The molecule has 0 spiro atoms. The van der Waals surface area contributed by atoms with Gasteiger partial charge < -0.3 is 15.3 Å². The molecule has 0 amide bonds. The van der Waals surface area contributed by atoms with Crippen LogP contribution in [0.15, 0.2) is 42.5 Å². The molecule has 132 valence electrons. The zero-order valence-electron chi connectivity index (χ0n) is 14.6. The molecule has 0 radical (unpaired) electrons. The van der Waals surface area contributed by atoms with E-state index >= 15 is 0 Å². The molecule has 26 heavy (non-hydrogen) atoms. The van der Waals surface area contributed by atoms with E-state index in [0.717, 1.165) is 28.6 Å². The van der Waals surface area contributed by atoms with Gasteiger partial charge in [-0.2, -0.15) is 0 Å². The predicted octanol–water partition coefficient (Wildman–Crippen LogP) is 3.24. The highest BCUT2D eigenvalue weighted by atomic mass is 16.3. The zero-order chi connectivity index (χ0) is 18.1. The predicted molar refractivity (Wildman–Crippen MR) is 99.5 cm³/mol. The molecule has 2 aromatic carbocycles. The summed E-state index contributed by atoms with van der Waals surface area (Å²) in [5, 5.41) is 32.9. The molecule has 3 unspecified atom stereocenters. The summed E-state index contributed by atoms with van der Waals surface area (Å²) in [6, 6.07) is 13.7. The van der Waals surface area contributed by atoms with Crippen molar-refractivity contribution in [3.05, 3.63) is 64.8 Å². The Balaban J connectivity index is 1.76. The van der Waals surface area contributed by atoms with Crippen LogP contribution in [0.3, 0.4) is 0 Å². The second kappa shape index (κ2) is 5.21. The number of aliphatic hydroxyl groups excluding tert-OH is 1. The Morgan fingerprint density at radius 2 is 1.81 bits per heavy atom. The fourth-order valence-corrected chi connectivity index (χ4v) is 5.03. The molecule has 0 saturated carbocycles. The number of aromatic hydroxyl groups is 2. The second-order valence-corrected chi connectivity index (χ2v) is 7.96. The average molecular weight is 347 g/mol. The van der Waals surface area contributed by atoms with E-state index in [1.54, 1.807) is 6.07 Å². The van der Waals surface area contributed by atoms with Gasteiger partial charge in [0.15, 0.2) is 11.5 Å². The number of phenolic OH excluding ortho intramolecular Hbond substituents is 2.